The molecule has 0 aromatic carbocycles. The summed E-state index contributed by atoms with van der Waals surface area (Å²) in [7, 11) is 0. The van der Waals surface area contributed by atoms with Crippen molar-refractivity contribution in [3.05, 3.63) is 0 Å². The molecule has 0 saturated carbocycles. The topological polar surface area (TPSA) is 120 Å². The molecule has 0 unspecified atom stereocenters. The molecule has 0 atom stereocenters. The predicted octanol–water partition coefficient (Wildman–Crippen LogP) is 15.0. The molecule has 0 spiro atoms. The van der Waals surface area contributed by atoms with E-state index < -0.39 is 17.9 Å². The minimum atomic E-state index is -0.903. The number of aliphatic carboxylic acids is 3. The van der Waals surface area contributed by atoms with E-state index >= 15 is 0 Å². The average molecular weight is 1040 g/mol. The standard InChI is InChI=1S/3C18H36O2.Re/c3*1-2-3-4-5-6-7-8-9-10-11-12-13-14-15-16-17-18(19)20;/h3*2-17H2,1H3,(H,19,20);/p-3. The Kier molecular flexibility index (Phi) is 69.3. The molecular weight excluding hydrogens is 931 g/mol. The molecule has 0 aliphatic heterocycles. The summed E-state index contributed by atoms with van der Waals surface area (Å²) in [5.41, 5.74) is 0. The molecule has 0 N–H and O–H groups in total. The SMILES string of the molecule is CCCCCCCCCCCCCCCCCC(=O)[O-].CCCCCCCCCCCCCCCCCC(=O)[O-].CCCCCCCCCCCCCCCCCC(=O)[O-].[Re]. The minimum absolute atomic E-state index is 0. The van der Waals surface area contributed by atoms with Crippen molar-refractivity contribution in [2.24, 2.45) is 0 Å². The van der Waals surface area contributed by atoms with Gasteiger partial charge >= 0.3 is 0 Å². The van der Waals surface area contributed by atoms with Crippen molar-refractivity contribution < 1.29 is 50.1 Å². The summed E-state index contributed by atoms with van der Waals surface area (Å²) in [4.78, 5) is 30.7. The van der Waals surface area contributed by atoms with Gasteiger partial charge in [0.25, 0.3) is 0 Å². The number of hydrogen-bond acceptors (Lipinski definition) is 6. The molecule has 0 aliphatic rings. The Morgan fingerprint density at radius 3 is 0.410 bits per heavy atom. The van der Waals surface area contributed by atoms with Crippen LogP contribution in [0.2, 0.25) is 0 Å². The third kappa shape index (κ3) is 76.7. The fourth-order valence-corrected chi connectivity index (χ4v) is 7.92. The zero-order valence-electron chi connectivity index (χ0n) is 41.3. The molecule has 61 heavy (non-hydrogen) atoms. The third-order valence-electron chi connectivity index (χ3n) is 12.0. The van der Waals surface area contributed by atoms with E-state index in [0.29, 0.717) is 0 Å². The van der Waals surface area contributed by atoms with Crippen molar-refractivity contribution in [3.63, 3.8) is 0 Å². The number of unbranched alkanes of at least 4 members (excludes halogenated alkanes) is 42. The van der Waals surface area contributed by atoms with Gasteiger partial charge < -0.3 is 29.7 Å². The second-order valence-corrected chi connectivity index (χ2v) is 18.2. The van der Waals surface area contributed by atoms with Crippen molar-refractivity contribution in [1.82, 2.24) is 0 Å². The Morgan fingerprint density at radius 2 is 0.311 bits per heavy atom. The Hall–Kier alpha value is -0.928. The van der Waals surface area contributed by atoms with Gasteiger partial charge in [-0.25, -0.2) is 0 Å². The van der Waals surface area contributed by atoms with Gasteiger partial charge in [-0.15, -0.1) is 0 Å². The normalized spacial score (nSPS) is 10.7. The van der Waals surface area contributed by atoms with Crippen LogP contribution in [0.5, 0.6) is 0 Å². The number of carboxylic acids is 3. The van der Waals surface area contributed by atoms with Crippen LogP contribution in [0.4, 0.5) is 0 Å². The zero-order valence-corrected chi connectivity index (χ0v) is 44.0. The van der Waals surface area contributed by atoms with Gasteiger partial charge in [0, 0.05) is 38.3 Å². The monoisotopic (exact) mass is 1040 g/mol. The Balaban J connectivity index is -0.000000396. The summed E-state index contributed by atoms with van der Waals surface area (Å²) < 4.78 is 0. The third-order valence-corrected chi connectivity index (χ3v) is 12.0. The molecule has 0 amide bonds. The van der Waals surface area contributed by atoms with Crippen molar-refractivity contribution in [3.8, 4) is 0 Å². The minimum Gasteiger partial charge on any atom is -0.550 e. The summed E-state index contributed by atoms with van der Waals surface area (Å²) in [6, 6.07) is 0. The summed E-state index contributed by atoms with van der Waals surface area (Å²) in [5.74, 6) is -2.71. The Morgan fingerprint density at radius 1 is 0.213 bits per heavy atom. The van der Waals surface area contributed by atoms with Gasteiger partial charge in [-0.2, -0.15) is 0 Å². The maximum absolute atomic E-state index is 10.2. The first kappa shape index (κ1) is 66.7. The summed E-state index contributed by atoms with van der Waals surface area (Å²) in [6.45, 7) is 6.80. The molecule has 0 aliphatic carbocycles. The number of carboxylic acid groups (broad SMARTS) is 3. The second-order valence-electron chi connectivity index (χ2n) is 18.2. The first-order chi connectivity index (χ1) is 29.3. The first-order valence-electron chi connectivity index (χ1n) is 26.9. The van der Waals surface area contributed by atoms with E-state index in [-0.39, 0.29) is 39.7 Å². The van der Waals surface area contributed by atoms with Crippen LogP contribution in [0, 0.1) is 0 Å². The van der Waals surface area contributed by atoms with E-state index in [4.69, 9.17) is 0 Å². The molecule has 367 valence electrons. The predicted molar refractivity (Wildman–Crippen MR) is 254 cm³/mol. The largest absolute Gasteiger partial charge is 0.550 e. The molecule has 0 fully saturated rings. The van der Waals surface area contributed by atoms with Crippen molar-refractivity contribution >= 4 is 17.9 Å². The van der Waals surface area contributed by atoms with Gasteiger partial charge in [0.1, 0.15) is 0 Å². The Labute approximate surface area is 395 Å². The Bertz CT molecular complexity index is 717. The molecule has 0 heterocycles. The number of rotatable bonds is 48. The second kappa shape index (κ2) is 63.4. The van der Waals surface area contributed by atoms with Gasteiger partial charge in [-0.1, -0.05) is 290 Å². The van der Waals surface area contributed by atoms with Crippen molar-refractivity contribution in [2.45, 2.75) is 329 Å². The molecule has 0 aromatic rings. The molecule has 6 nitrogen and oxygen atoms in total. The van der Waals surface area contributed by atoms with Gasteiger partial charge in [0.05, 0.1) is 0 Å². The van der Waals surface area contributed by atoms with Crippen molar-refractivity contribution in [1.29, 1.82) is 0 Å². The molecular formula is C54H105O6Re-3. The summed E-state index contributed by atoms with van der Waals surface area (Å²) in [5, 5.41) is 30.7. The summed E-state index contributed by atoms with van der Waals surface area (Å²) in [6.07, 6.45) is 59.6. The van der Waals surface area contributed by atoms with E-state index in [1.807, 2.05) is 0 Å². The van der Waals surface area contributed by atoms with Crippen LogP contribution in [-0.2, 0) is 34.8 Å². The zero-order chi connectivity index (χ0) is 44.7. The molecule has 1 radical (unpaired) electrons. The van der Waals surface area contributed by atoms with Crippen LogP contribution >= 0.6 is 0 Å². The van der Waals surface area contributed by atoms with Gasteiger partial charge in [-0.05, 0) is 38.5 Å². The smallest absolute Gasteiger partial charge is 0.0414 e. The number of carbonyl (C=O) groups excluding carboxylic acids is 3. The number of hydrogen-bond donors (Lipinski definition) is 0. The van der Waals surface area contributed by atoms with Crippen LogP contribution < -0.4 is 15.3 Å². The van der Waals surface area contributed by atoms with Gasteiger partial charge in [-0.3, -0.25) is 0 Å². The van der Waals surface area contributed by atoms with E-state index in [1.165, 1.54) is 250 Å². The van der Waals surface area contributed by atoms with Crippen LogP contribution in [0.25, 0.3) is 0 Å². The fraction of sp³-hybridized carbons (Fsp3) is 0.944. The van der Waals surface area contributed by atoms with E-state index in [1.54, 1.807) is 0 Å². The molecule has 0 saturated heterocycles. The molecule has 0 rings (SSSR count). The van der Waals surface area contributed by atoms with E-state index in [0.717, 1.165) is 38.5 Å². The molecule has 7 heteroatoms. The van der Waals surface area contributed by atoms with Crippen LogP contribution in [-0.4, -0.2) is 17.9 Å². The van der Waals surface area contributed by atoms with Gasteiger partial charge in [0.2, 0.25) is 0 Å². The van der Waals surface area contributed by atoms with Crippen LogP contribution in [0.3, 0.4) is 0 Å². The average Bonchev–Trinajstić information content (AvgIpc) is 3.22. The van der Waals surface area contributed by atoms with Gasteiger partial charge in [0.15, 0.2) is 0 Å². The quantitative estimate of drug-likeness (QED) is 0.0560. The number of carbonyl (C=O) groups is 3. The van der Waals surface area contributed by atoms with E-state index in [9.17, 15) is 29.7 Å². The van der Waals surface area contributed by atoms with Crippen LogP contribution in [0.15, 0.2) is 0 Å². The fourth-order valence-electron chi connectivity index (χ4n) is 7.92. The maximum atomic E-state index is 10.2. The van der Waals surface area contributed by atoms with E-state index in [2.05, 4.69) is 20.8 Å². The maximum Gasteiger partial charge on any atom is 0.0414 e. The van der Waals surface area contributed by atoms with Crippen LogP contribution in [0.1, 0.15) is 329 Å². The van der Waals surface area contributed by atoms with Crippen molar-refractivity contribution in [2.75, 3.05) is 0 Å². The summed E-state index contributed by atoms with van der Waals surface area (Å²) >= 11 is 0. The molecule has 0 aromatic heterocycles. The molecule has 0 bridgehead atoms. The first-order valence-corrected chi connectivity index (χ1v) is 26.9.